The minimum Gasteiger partial charge on any atom is -0.456 e. The molecule has 0 aliphatic rings. The molecule has 3 heterocycles. The van der Waals surface area contributed by atoms with Crippen LogP contribution in [0.2, 0.25) is 0 Å². The van der Waals surface area contributed by atoms with E-state index in [2.05, 4.69) is 30.3 Å². The molecule has 0 amide bonds. The van der Waals surface area contributed by atoms with Crippen LogP contribution >= 0.6 is 11.3 Å². The lowest BCUT2D eigenvalue weighted by atomic mass is 9.92. The van der Waals surface area contributed by atoms with E-state index in [0.29, 0.717) is 32.4 Å². The summed E-state index contributed by atoms with van der Waals surface area (Å²) in [4.78, 5) is 14.6. The third-order valence-electron chi connectivity index (χ3n) is 9.10. The molecule has 50 heavy (non-hydrogen) atoms. The van der Waals surface area contributed by atoms with Gasteiger partial charge in [0.25, 0.3) is 0 Å². The Kier molecular flexibility index (Phi) is 5.94. The Morgan fingerprint density at radius 2 is 1.08 bits per heavy atom. The minimum absolute atomic E-state index is 0.120. The van der Waals surface area contributed by atoms with Crippen molar-refractivity contribution >= 4 is 53.4 Å². The summed E-state index contributed by atoms with van der Waals surface area (Å²) in [5.41, 5.74) is 7.57. The minimum atomic E-state index is 0.120. The van der Waals surface area contributed by atoms with Gasteiger partial charge >= 0.3 is 0 Å². The Labute approximate surface area is 296 Å². The van der Waals surface area contributed by atoms with E-state index in [0.717, 1.165) is 66.1 Å². The summed E-state index contributed by atoms with van der Waals surface area (Å²) in [6, 6.07) is 48.2. The van der Waals surface area contributed by atoms with Crippen molar-refractivity contribution in [2.24, 2.45) is 0 Å². The fourth-order valence-corrected chi connectivity index (χ4v) is 7.84. The van der Waals surface area contributed by atoms with Gasteiger partial charge in [-0.3, -0.25) is 0 Å². The van der Waals surface area contributed by atoms with Crippen molar-refractivity contribution in [2.75, 3.05) is 0 Å². The highest BCUT2D eigenvalue weighted by Crippen LogP contribution is 2.46. The summed E-state index contributed by atoms with van der Waals surface area (Å²) in [5, 5.41) is 3.61. The highest BCUT2D eigenvalue weighted by molar-refractivity contribution is 7.26. The smallest absolute Gasteiger partial charge is 0.164 e. The van der Waals surface area contributed by atoms with Crippen LogP contribution < -0.4 is 0 Å². The van der Waals surface area contributed by atoms with Crippen LogP contribution in [0, 0.1) is 0 Å². The van der Waals surface area contributed by atoms with Gasteiger partial charge in [-0.2, -0.15) is 0 Å². The summed E-state index contributed by atoms with van der Waals surface area (Å²) < 4.78 is 35.5. The maximum Gasteiger partial charge on any atom is 0.164 e. The Bertz CT molecular complexity index is 2980. The van der Waals surface area contributed by atoms with Gasteiger partial charge in [-0.1, -0.05) is 133 Å². The van der Waals surface area contributed by atoms with Crippen molar-refractivity contribution in [3.8, 4) is 56.4 Å². The van der Waals surface area contributed by atoms with Gasteiger partial charge in [0.2, 0.25) is 0 Å². The highest BCUT2D eigenvalue weighted by atomic mass is 32.1. The summed E-state index contributed by atoms with van der Waals surface area (Å²) >= 11 is 1.37. The third-order valence-corrected chi connectivity index (χ3v) is 10.1. The SMILES string of the molecule is [2H]c1cc(-c2cc(-c3ccccc3)cc3oc4ccccc4c23)c2c(sc3c([2H])c(-c4nc(-c5ccccc5)nc(-c5ccccc5)n4)ccc32)c1[2H]. The lowest BCUT2D eigenvalue weighted by Crippen LogP contribution is -1.99. The van der Waals surface area contributed by atoms with E-state index < -0.39 is 0 Å². The molecule has 0 saturated heterocycles. The molecule has 4 nitrogen and oxygen atoms in total. The molecule has 0 radical (unpaired) electrons. The van der Waals surface area contributed by atoms with Crippen LogP contribution in [0.15, 0.2) is 168 Å². The molecule has 0 N–H and O–H groups in total. The van der Waals surface area contributed by atoms with Gasteiger partial charge in [0.1, 0.15) is 11.2 Å². The van der Waals surface area contributed by atoms with Crippen LogP contribution in [0.4, 0.5) is 0 Å². The fraction of sp³-hybridized carbons (Fsp3) is 0. The Balaban J connectivity index is 1.24. The molecular formula is C45H27N3OS. The van der Waals surface area contributed by atoms with Crippen LogP contribution in [-0.4, -0.2) is 15.0 Å². The molecule has 5 heteroatoms. The summed E-state index contributed by atoms with van der Waals surface area (Å²) in [6.07, 6.45) is 0. The topological polar surface area (TPSA) is 51.8 Å². The van der Waals surface area contributed by atoms with E-state index in [4.69, 9.17) is 22.1 Å². The van der Waals surface area contributed by atoms with Crippen molar-refractivity contribution < 1.29 is 8.53 Å². The molecule has 10 aromatic rings. The Morgan fingerprint density at radius 1 is 0.460 bits per heavy atom. The van der Waals surface area contributed by atoms with Crippen LogP contribution in [0.5, 0.6) is 0 Å². The number of para-hydroxylation sites is 1. The second-order valence-electron chi connectivity index (χ2n) is 12.1. The van der Waals surface area contributed by atoms with Crippen LogP contribution in [-0.2, 0) is 0 Å². The first-order valence-electron chi connectivity index (χ1n) is 17.9. The summed E-state index contributed by atoms with van der Waals surface area (Å²) in [7, 11) is 0. The van der Waals surface area contributed by atoms with E-state index in [9.17, 15) is 1.37 Å². The molecule has 0 spiro atoms. The van der Waals surface area contributed by atoms with E-state index in [1.54, 1.807) is 6.07 Å². The van der Waals surface area contributed by atoms with Gasteiger partial charge in [-0.15, -0.1) is 11.3 Å². The predicted octanol–water partition coefficient (Wildman–Crippen LogP) is 12.5. The van der Waals surface area contributed by atoms with Gasteiger partial charge in [0.05, 0.1) is 4.11 Å². The molecule has 7 aromatic carbocycles. The van der Waals surface area contributed by atoms with Crippen molar-refractivity contribution in [3.05, 3.63) is 164 Å². The predicted molar refractivity (Wildman–Crippen MR) is 207 cm³/mol. The molecule has 0 fully saturated rings. The average molecular weight is 661 g/mol. The van der Waals surface area contributed by atoms with Crippen LogP contribution in [0.25, 0.3) is 98.5 Å². The highest BCUT2D eigenvalue weighted by Gasteiger charge is 2.20. The van der Waals surface area contributed by atoms with E-state index in [-0.39, 0.29) is 18.1 Å². The molecule has 10 rings (SSSR count). The third kappa shape index (κ3) is 4.79. The van der Waals surface area contributed by atoms with E-state index >= 15 is 0 Å². The second kappa shape index (κ2) is 11.6. The molecule has 0 aliphatic carbocycles. The normalized spacial score (nSPS) is 12.4. The zero-order valence-corrected chi connectivity index (χ0v) is 27.3. The molecular weight excluding hydrogens is 631 g/mol. The number of hydrogen-bond acceptors (Lipinski definition) is 5. The number of rotatable bonds is 5. The average Bonchev–Trinajstić information content (AvgIpc) is 3.80. The van der Waals surface area contributed by atoms with Crippen molar-refractivity contribution in [1.82, 2.24) is 15.0 Å². The number of thiophene rings is 1. The fourth-order valence-electron chi connectivity index (χ4n) is 6.76. The number of hydrogen-bond donors (Lipinski definition) is 0. The summed E-state index contributed by atoms with van der Waals surface area (Å²) in [5.74, 6) is 1.45. The van der Waals surface area contributed by atoms with Crippen LogP contribution in [0.1, 0.15) is 4.11 Å². The number of aromatic nitrogens is 3. The maximum atomic E-state index is 9.61. The molecule has 234 valence electrons. The first-order valence-corrected chi connectivity index (χ1v) is 17.2. The van der Waals surface area contributed by atoms with Crippen molar-refractivity contribution in [3.63, 3.8) is 0 Å². The molecule has 0 atom stereocenters. The number of fused-ring (bicyclic) bond motifs is 6. The molecule has 0 aliphatic heterocycles. The molecule has 3 aromatic heterocycles. The number of nitrogens with zero attached hydrogens (tertiary/aromatic N) is 3. The summed E-state index contributed by atoms with van der Waals surface area (Å²) in [6.45, 7) is 0. The van der Waals surface area contributed by atoms with Gasteiger partial charge in [0.15, 0.2) is 17.5 Å². The van der Waals surface area contributed by atoms with Gasteiger partial charge in [0, 0.05) is 47.6 Å². The second-order valence-corrected chi connectivity index (χ2v) is 13.2. The zero-order valence-electron chi connectivity index (χ0n) is 29.5. The Morgan fingerprint density at radius 3 is 1.78 bits per heavy atom. The van der Waals surface area contributed by atoms with Crippen LogP contribution in [0.3, 0.4) is 0 Å². The van der Waals surface area contributed by atoms with Gasteiger partial charge in [-0.25, -0.2) is 15.0 Å². The van der Waals surface area contributed by atoms with Crippen molar-refractivity contribution in [1.29, 1.82) is 0 Å². The molecule has 0 unspecified atom stereocenters. The maximum absolute atomic E-state index is 9.61. The first-order chi connectivity index (χ1) is 26.0. The zero-order chi connectivity index (χ0) is 35.6. The standard InChI is InChI=1S/C45H27N3OS/c1-4-13-28(14-5-1)32-25-36(41-34-19-10-11-21-37(34)49-38(41)26-32)33-20-12-22-39-42(33)35-24-23-31(27-40(35)50-39)45-47-43(29-15-6-2-7-16-29)46-44(48-45)30-17-8-3-9-18-30/h1-27H/i12D,22D,27D. The lowest BCUT2D eigenvalue weighted by Gasteiger charge is -2.11. The molecule has 0 bridgehead atoms. The quantitative estimate of drug-likeness (QED) is 0.184. The van der Waals surface area contributed by atoms with E-state index in [1.807, 2.05) is 109 Å². The monoisotopic (exact) mass is 660 g/mol. The largest absolute Gasteiger partial charge is 0.456 e. The Hall–Kier alpha value is -6.43. The molecule has 0 saturated carbocycles. The van der Waals surface area contributed by atoms with Gasteiger partial charge in [-0.05, 0) is 52.5 Å². The lowest BCUT2D eigenvalue weighted by molar-refractivity contribution is 0.669. The number of furan rings is 1. The van der Waals surface area contributed by atoms with Gasteiger partial charge < -0.3 is 4.42 Å². The first kappa shape index (κ1) is 25.6. The number of benzene rings is 7. The van der Waals surface area contributed by atoms with E-state index in [1.165, 1.54) is 11.3 Å². The van der Waals surface area contributed by atoms with Crippen molar-refractivity contribution in [2.45, 2.75) is 0 Å².